The Morgan fingerprint density at radius 2 is 1.72 bits per heavy atom. The maximum Gasteiger partial charge on any atom is 0.262 e. The van der Waals surface area contributed by atoms with Gasteiger partial charge in [0.2, 0.25) is 5.91 Å². The Balaban J connectivity index is 2.00. The van der Waals surface area contributed by atoms with Crippen LogP contribution in [0.4, 0.5) is 4.39 Å². The molecule has 2 aromatic carbocycles. The molecule has 0 saturated carbocycles. The molecular weight excluding hydrogens is 445 g/mol. The molecule has 32 heavy (non-hydrogen) atoms. The molecule has 4 aromatic rings. The zero-order valence-corrected chi connectivity index (χ0v) is 19.6. The minimum atomic E-state index is -0.339. The van der Waals surface area contributed by atoms with E-state index in [0.717, 1.165) is 23.3 Å². The summed E-state index contributed by atoms with van der Waals surface area (Å²) in [6.07, 6.45) is 1.69. The zero-order chi connectivity index (χ0) is 22.8. The van der Waals surface area contributed by atoms with Crippen LogP contribution in [0.25, 0.3) is 27.0 Å². The summed E-state index contributed by atoms with van der Waals surface area (Å²) in [5.41, 5.74) is 1.78. The van der Waals surface area contributed by atoms with E-state index in [2.05, 4.69) is 0 Å². The molecule has 0 aliphatic rings. The van der Waals surface area contributed by atoms with Crippen LogP contribution in [0.3, 0.4) is 0 Å². The number of halogens is 1. The molecule has 4 rings (SSSR count). The maximum absolute atomic E-state index is 13.6. The van der Waals surface area contributed by atoms with Crippen molar-refractivity contribution in [2.75, 3.05) is 13.1 Å². The largest absolute Gasteiger partial charge is 0.341 e. The molecule has 0 N–H and O–H groups in total. The molecule has 0 spiro atoms. The predicted octanol–water partition coefficient (Wildman–Crippen LogP) is 5.50. The highest BCUT2D eigenvalue weighted by Gasteiger charge is 2.21. The summed E-state index contributed by atoms with van der Waals surface area (Å²) in [7, 11) is 0. The van der Waals surface area contributed by atoms with Crippen LogP contribution in [0.1, 0.15) is 26.7 Å². The Morgan fingerprint density at radius 1 is 1.06 bits per heavy atom. The van der Waals surface area contributed by atoms with Gasteiger partial charge in [0.1, 0.15) is 18.0 Å². The SMILES string of the molecule is CCCN(CCC)C(=O)Cn1c(=O)c2ccccc2n2c(=S)sc(-c3ccc(F)cc3)c12. The number of hydrogen-bond donors (Lipinski definition) is 0. The Bertz CT molecular complexity index is 1400. The van der Waals surface area contributed by atoms with Gasteiger partial charge in [-0.1, -0.05) is 38.1 Å². The number of fused-ring (bicyclic) bond motifs is 3. The fourth-order valence-corrected chi connectivity index (χ4v) is 5.42. The number of benzene rings is 2. The quantitative estimate of drug-likeness (QED) is 0.336. The fourth-order valence-electron chi connectivity index (χ4n) is 3.99. The van der Waals surface area contributed by atoms with Gasteiger partial charge in [0.05, 0.1) is 15.8 Å². The van der Waals surface area contributed by atoms with Crippen molar-refractivity contribution in [3.63, 3.8) is 0 Å². The van der Waals surface area contributed by atoms with Crippen molar-refractivity contribution >= 4 is 46.0 Å². The van der Waals surface area contributed by atoms with Gasteiger partial charge in [-0.05, 0) is 54.9 Å². The topological polar surface area (TPSA) is 46.7 Å². The summed E-state index contributed by atoms with van der Waals surface area (Å²) < 4.78 is 17.5. The van der Waals surface area contributed by atoms with E-state index in [9.17, 15) is 14.0 Å². The molecular formula is C24H24FN3O2S2. The third-order valence-corrected chi connectivity index (χ3v) is 6.81. The molecule has 2 heterocycles. The second kappa shape index (κ2) is 9.34. The second-order valence-corrected chi connectivity index (χ2v) is 9.30. The van der Waals surface area contributed by atoms with Gasteiger partial charge < -0.3 is 4.90 Å². The number of nitrogens with zero attached hydrogens (tertiary/aromatic N) is 3. The van der Waals surface area contributed by atoms with E-state index >= 15 is 0 Å². The second-order valence-electron chi connectivity index (χ2n) is 7.65. The van der Waals surface area contributed by atoms with Gasteiger partial charge in [-0.2, -0.15) is 0 Å². The molecule has 5 nitrogen and oxygen atoms in total. The third-order valence-electron chi connectivity index (χ3n) is 5.40. The Labute approximate surface area is 194 Å². The van der Waals surface area contributed by atoms with Crippen molar-refractivity contribution < 1.29 is 9.18 Å². The minimum Gasteiger partial charge on any atom is -0.341 e. The van der Waals surface area contributed by atoms with Crippen LogP contribution in [-0.4, -0.2) is 32.9 Å². The highest BCUT2D eigenvalue weighted by molar-refractivity contribution is 7.73. The van der Waals surface area contributed by atoms with Gasteiger partial charge in [-0.15, -0.1) is 11.3 Å². The first-order valence-electron chi connectivity index (χ1n) is 10.7. The lowest BCUT2D eigenvalue weighted by Gasteiger charge is -2.22. The van der Waals surface area contributed by atoms with Crippen molar-refractivity contribution in [1.29, 1.82) is 0 Å². The Kier molecular flexibility index (Phi) is 6.53. The van der Waals surface area contributed by atoms with Crippen LogP contribution >= 0.6 is 23.6 Å². The molecule has 8 heteroatoms. The standard InChI is InChI=1S/C24H24FN3O2S2/c1-3-13-26(14-4-2)20(29)15-27-22-21(16-9-11-17(25)12-10-16)32-24(31)28(22)19-8-6-5-7-18(19)23(27)30/h5-12H,3-4,13-15H2,1-2H3. The fraction of sp³-hybridized carbons (Fsp3) is 0.292. The van der Waals surface area contributed by atoms with Gasteiger partial charge in [0.15, 0.2) is 3.95 Å². The summed E-state index contributed by atoms with van der Waals surface area (Å²) in [5.74, 6) is -0.441. The number of carbonyl (C=O) groups is 1. The van der Waals surface area contributed by atoms with E-state index < -0.39 is 0 Å². The summed E-state index contributed by atoms with van der Waals surface area (Å²) in [5, 5.41) is 0.505. The monoisotopic (exact) mass is 469 g/mol. The van der Waals surface area contributed by atoms with E-state index in [-0.39, 0.29) is 23.8 Å². The number of hydrogen-bond acceptors (Lipinski definition) is 4. The van der Waals surface area contributed by atoms with Gasteiger partial charge >= 0.3 is 0 Å². The van der Waals surface area contributed by atoms with Crippen LogP contribution < -0.4 is 5.56 Å². The minimum absolute atomic E-state index is 0.0765. The van der Waals surface area contributed by atoms with Crippen LogP contribution in [-0.2, 0) is 11.3 Å². The number of thiazole rings is 1. The molecule has 1 amide bonds. The smallest absolute Gasteiger partial charge is 0.262 e. The number of carbonyl (C=O) groups excluding carboxylic acids is 1. The van der Waals surface area contributed by atoms with E-state index in [4.69, 9.17) is 12.2 Å². The highest BCUT2D eigenvalue weighted by Crippen LogP contribution is 2.33. The van der Waals surface area contributed by atoms with E-state index in [1.54, 1.807) is 29.2 Å². The Hall–Kier alpha value is -2.84. The lowest BCUT2D eigenvalue weighted by atomic mass is 10.2. The third kappa shape index (κ3) is 4.00. The first-order chi connectivity index (χ1) is 15.5. The number of para-hydroxylation sites is 1. The van der Waals surface area contributed by atoms with Crippen LogP contribution in [0.2, 0.25) is 0 Å². The molecule has 0 atom stereocenters. The van der Waals surface area contributed by atoms with E-state index in [0.29, 0.717) is 33.6 Å². The molecule has 2 aromatic heterocycles. The predicted molar refractivity (Wildman–Crippen MR) is 130 cm³/mol. The first kappa shape index (κ1) is 22.4. The van der Waals surface area contributed by atoms with Gasteiger partial charge in [-0.25, -0.2) is 4.39 Å². The van der Waals surface area contributed by atoms with Gasteiger partial charge in [0, 0.05) is 13.1 Å². The highest BCUT2D eigenvalue weighted by atomic mass is 32.1. The zero-order valence-electron chi connectivity index (χ0n) is 18.0. The van der Waals surface area contributed by atoms with Crippen LogP contribution in [0.5, 0.6) is 0 Å². The molecule has 166 valence electrons. The van der Waals surface area contributed by atoms with Crippen LogP contribution in [0, 0.1) is 9.77 Å². The average Bonchev–Trinajstić information content (AvgIpc) is 3.14. The van der Waals surface area contributed by atoms with Crippen molar-refractivity contribution in [2.45, 2.75) is 33.2 Å². The molecule has 0 aliphatic carbocycles. The number of aromatic nitrogens is 2. The summed E-state index contributed by atoms with van der Waals surface area (Å²) in [4.78, 5) is 29.3. The van der Waals surface area contributed by atoms with Crippen LogP contribution in [0.15, 0.2) is 53.3 Å². The molecule has 0 fully saturated rings. The van der Waals surface area contributed by atoms with Crippen molar-refractivity contribution in [2.24, 2.45) is 0 Å². The molecule has 0 saturated heterocycles. The van der Waals surface area contributed by atoms with Crippen molar-refractivity contribution in [3.05, 3.63) is 68.7 Å². The molecule has 0 radical (unpaired) electrons. The molecule has 0 unspecified atom stereocenters. The average molecular weight is 470 g/mol. The van der Waals surface area contributed by atoms with Gasteiger partial charge in [0.25, 0.3) is 5.56 Å². The van der Waals surface area contributed by atoms with Gasteiger partial charge in [-0.3, -0.25) is 18.6 Å². The normalized spacial score (nSPS) is 11.3. The first-order valence-corrected chi connectivity index (χ1v) is 11.9. The molecule has 0 bridgehead atoms. The summed E-state index contributed by atoms with van der Waals surface area (Å²) in [6.45, 7) is 5.27. The Morgan fingerprint density at radius 3 is 2.38 bits per heavy atom. The van der Waals surface area contributed by atoms with Crippen molar-refractivity contribution in [1.82, 2.24) is 13.9 Å². The number of rotatable bonds is 7. The maximum atomic E-state index is 13.6. The molecule has 0 aliphatic heterocycles. The van der Waals surface area contributed by atoms with E-state index in [1.807, 2.05) is 30.4 Å². The van der Waals surface area contributed by atoms with Crippen molar-refractivity contribution in [3.8, 4) is 10.4 Å². The summed E-state index contributed by atoms with van der Waals surface area (Å²) >= 11 is 7.03. The lowest BCUT2D eigenvalue weighted by molar-refractivity contribution is -0.131. The number of amides is 1. The van der Waals surface area contributed by atoms with E-state index in [1.165, 1.54) is 28.0 Å². The summed E-state index contributed by atoms with van der Waals surface area (Å²) in [6, 6.07) is 13.4. The lowest BCUT2D eigenvalue weighted by Crippen LogP contribution is -2.38.